The topological polar surface area (TPSA) is 38.5 Å². The van der Waals surface area contributed by atoms with Gasteiger partial charge in [-0.15, -0.1) is 0 Å². The molecule has 3 heteroatoms. The minimum absolute atomic E-state index is 0.145. The lowest BCUT2D eigenvalue weighted by atomic mass is 9.93. The van der Waals surface area contributed by atoms with E-state index < -0.39 is 0 Å². The highest BCUT2D eigenvalue weighted by atomic mass is 16.5. The molecular formula is C15H24N2O. The Morgan fingerprint density at radius 2 is 2.17 bits per heavy atom. The van der Waals surface area contributed by atoms with Gasteiger partial charge in [0.05, 0.1) is 6.10 Å². The SMILES string of the molecule is COC(C)c1ccccc1C1CC(CN)CN1C. The van der Waals surface area contributed by atoms with Crippen molar-refractivity contribution in [3.05, 3.63) is 35.4 Å². The molecule has 3 unspecified atom stereocenters. The van der Waals surface area contributed by atoms with Crippen LogP contribution in [0.5, 0.6) is 0 Å². The number of hydrogen-bond acceptors (Lipinski definition) is 3. The molecule has 100 valence electrons. The van der Waals surface area contributed by atoms with Crippen LogP contribution in [0, 0.1) is 5.92 Å². The monoisotopic (exact) mass is 248 g/mol. The van der Waals surface area contributed by atoms with E-state index in [1.54, 1.807) is 7.11 Å². The third-order valence-corrected chi connectivity index (χ3v) is 4.11. The molecule has 1 saturated heterocycles. The summed E-state index contributed by atoms with van der Waals surface area (Å²) in [6.07, 6.45) is 1.30. The van der Waals surface area contributed by atoms with Crippen molar-refractivity contribution in [3.8, 4) is 0 Å². The third-order valence-electron chi connectivity index (χ3n) is 4.11. The van der Waals surface area contributed by atoms with E-state index in [1.807, 2.05) is 0 Å². The molecule has 2 rings (SSSR count). The lowest BCUT2D eigenvalue weighted by molar-refractivity contribution is 0.117. The normalized spacial score (nSPS) is 26.4. The minimum atomic E-state index is 0.145. The van der Waals surface area contributed by atoms with Crippen LogP contribution in [0.3, 0.4) is 0 Å². The largest absolute Gasteiger partial charge is 0.377 e. The zero-order chi connectivity index (χ0) is 13.1. The number of benzene rings is 1. The van der Waals surface area contributed by atoms with Crippen LogP contribution in [0.2, 0.25) is 0 Å². The van der Waals surface area contributed by atoms with Gasteiger partial charge in [0, 0.05) is 19.7 Å². The summed E-state index contributed by atoms with van der Waals surface area (Å²) in [6, 6.07) is 9.08. The molecule has 1 aromatic carbocycles. The highest BCUT2D eigenvalue weighted by Crippen LogP contribution is 2.37. The first-order chi connectivity index (χ1) is 8.67. The summed E-state index contributed by atoms with van der Waals surface area (Å²) < 4.78 is 5.48. The van der Waals surface area contributed by atoms with E-state index in [2.05, 4.69) is 43.1 Å². The van der Waals surface area contributed by atoms with Crippen LogP contribution in [-0.2, 0) is 4.74 Å². The highest BCUT2D eigenvalue weighted by Gasteiger charge is 2.31. The summed E-state index contributed by atoms with van der Waals surface area (Å²) >= 11 is 0. The first-order valence-electron chi connectivity index (χ1n) is 6.69. The molecule has 1 aliphatic rings. The molecule has 0 bridgehead atoms. The zero-order valence-electron chi connectivity index (χ0n) is 11.6. The Morgan fingerprint density at radius 3 is 2.78 bits per heavy atom. The van der Waals surface area contributed by atoms with Gasteiger partial charge in [-0.05, 0) is 44.0 Å². The van der Waals surface area contributed by atoms with E-state index in [1.165, 1.54) is 11.1 Å². The van der Waals surface area contributed by atoms with Crippen molar-refractivity contribution in [2.45, 2.75) is 25.5 Å². The summed E-state index contributed by atoms with van der Waals surface area (Å²) in [7, 11) is 3.96. The van der Waals surface area contributed by atoms with Crippen LogP contribution in [0.4, 0.5) is 0 Å². The van der Waals surface area contributed by atoms with Gasteiger partial charge in [-0.2, -0.15) is 0 Å². The van der Waals surface area contributed by atoms with Crippen LogP contribution in [0.1, 0.15) is 36.6 Å². The summed E-state index contributed by atoms with van der Waals surface area (Å²) in [5, 5.41) is 0. The molecule has 1 aromatic rings. The Kier molecular flexibility index (Phi) is 4.38. The fourth-order valence-corrected chi connectivity index (χ4v) is 2.95. The Labute approximate surface area is 110 Å². The maximum atomic E-state index is 5.81. The van der Waals surface area contributed by atoms with Crippen LogP contribution in [0.15, 0.2) is 24.3 Å². The fraction of sp³-hybridized carbons (Fsp3) is 0.600. The molecule has 0 spiro atoms. The standard InChI is InChI=1S/C15H24N2O/c1-11(18-3)13-6-4-5-7-14(13)15-8-12(9-16)10-17(15)2/h4-7,11-12,15H,8-10,16H2,1-3H3. The highest BCUT2D eigenvalue weighted by molar-refractivity contribution is 5.32. The molecule has 0 radical (unpaired) electrons. The molecule has 1 heterocycles. The fourth-order valence-electron chi connectivity index (χ4n) is 2.95. The Bertz CT molecular complexity index is 394. The van der Waals surface area contributed by atoms with Gasteiger partial charge in [-0.25, -0.2) is 0 Å². The summed E-state index contributed by atoms with van der Waals surface area (Å²) in [4.78, 5) is 2.42. The number of nitrogens with zero attached hydrogens (tertiary/aromatic N) is 1. The van der Waals surface area contributed by atoms with Gasteiger partial charge < -0.3 is 10.5 Å². The lowest BCUT2D eigenvalue weighted by Crippen LogP contribution is -2.21. The molecule has 0 aromatic heterocycles. The smallest absolute Gasteiger partial charge is 0.0796 e. The third kappa shape index (κ3) is 2.58. The zero-order valence-corrected chi connectivity index (χ0v) is 11.6. The van der Waals surface area contributed by atoms with E-state index in [4.69, 9.17) is 10.5 Å². The van der Waals surface area contributed by atoms with Gasteiger partial charge in [0.25, 0.3) is 0 Å². The van der Waals surface area contributed by atoms with Crippen LogP contribution >= 0.6 is 0 Å². The molecule has 0 amide bonds. The summed E-state index contributed by atoms with van der Waals surface area (Å²) in [6.45, 7) is 3.98. The summed E-state index contributed by atoms with van der Waals surface area (Å²) in [5.41, 5.74) is 8.50. The minimum Gasteiger partial charge on any atom is -0.377 e. The Balaban J connectivity index is 2.28. The maximum Gasteiger partial charge on any atom is 0.0796 e. The molecule has 0 aliphatic carbocycles. The van der Waals surface area contributed by atoms with Crippen molar-refractivity contribution in [1.29, 1.82) is 0 Å². The number of likely N-dealkylation sites (tertiary alicyclic amines) is 1. The van der Waals surface area contributed by atoms with Crippen molar-refractivity contribution in [3.63, 3.8) is 0 Å². The maximum absolute atomic E-state index is 5.81. The van der Waals surface area contributed by atoms with Gasteiger partial charge in [0.1, 0.15) is 0 Å². The van der Waals surface area contributed by atoms with Gasteiger partial charge >= 0.3 is 0 Å². The van der Waals surface area contributed by atoms with Crippen LogP contribution in [-0.4, -0.2) is 32.1 Å². The second-order valence-corrected chi connectivity index (χ2v) is 5.30. The number of ether oxygens (including phenoxy) is 1. The van der Waals surface area contributed by atoms with Gasteiger partial charge in [-0.3, -0.25) is 4.90 Å². The Hall–Kier alpha value is -0.900. The van der Waals surface area contributed by atoms with Gasteiger partial charge in [0.2, 0.25) is 0 Å². The van der Waals surface area contributed by atoms with Gasteiger partial charge in [-0.1, -0.05) is 24.3 Å². The van der Waals surface area contributed by atoms with E-state index in [9.17, 15) is 0 Å². The molecule has 0 saturated carbocycles. The van der Waals surface area contributed by atoms with Crippen LogP contribution in [0.25, 0.3) is 0 Å². The first kappa shape index (κ1) is 13.5. The number of nitrogens with two attached hydrogens (primary N) is 1. The van der Waals surface area contributed by atoms with E-state index >= 15 is 0 Å². The van der Waals surface area contributed by atoms with Crippen molar-refractivity contribution >= 4 is 0 Å². The van der Waals surface area contributed by atoms with Crippen molar-refractivity contribution in [1.82, 2.24) is 4.90 Å². The predicted octanol–water partition coefficient (Wildman–Crippen LogP) is 2.35. The molecule has 1 aliphatic heterocycles. The summed E-state index contributed by atoms with van der Waals surface area (Å²) in [5.74, 6) is 0.617. The predicted molar refractivity (Wildman–Crippen MR) is 74.4 cm³/mol. The molecule has 18 heavy (non-hydrogen) atoms. The van der Waals surface area contributed by atoms with E-state index in [-0.39, 0.29) is 6.10 Å². The molecule has 3 atom stereocenters. The average Bonchev–Trinajstić information content (AvgIpc) is 2.79. The Morgan fingerprint density at radius 1 is 1.44 bits per heavy atom. The van der Waals surface area contributed by atoms with Crippen molar-refractivity contribution in [2.75, 3.05) is 27.2 Å². The first-order valence-corrected chi connectivity index (χ1v) is 6.69. The second kappa shape index (κ2) is 5.83. The molecule has 2 N–H and O–H groups in total. The number of rotatable bonds is 4. The van der Waals surface area contributed by atoms with E-state index in [0.29, 0.717) is 12.0 Å². The molecule has 1 fully saturated rings. The van der Waals surface area contributed by atoms with Crippen molar-refractivity contribution in [2.24, 2.45) is 11.7 Å². The molecular weight excluding hydrogens is 224 g/mol. The van der Waals surface area contributed by atoms with E-state index in [0.717, 1.165) is 19.5 Å². The van der Waals surface area contributed by atoms with Gasteiger partial charge in [0.15, 0.2) is 0 Å². The number of methoxy groups -OCH3 is 1. The average molecular weight is 248 g/mol. The second-order valence-electron chi connectivity index (χ2n) is 5.30. The number of hydrogen-bond donors (Lipinski definition) is 1. The quantitative estimate of drug-likeness (QED) is 0.889. The van der Waals surface area contributed by atoms with Crippen LogP contribution < -0.4 is 5.73 Å². The van der Waals surface area contributed by atoms with Crippen molar-refractivity contribution < 1.29 is 4.74 Å². The lowest BCUT2D eigenvalue weighted by Gasteiger charge is -2.24. The molecule has 3 nitrogen and oxygen atoms in total.